The van der Waals surface area contributed by atoms with Gasteiger partial charge in [0.2, 0.25) is 5.91 Å². The average Bonchev–Trinajstić information content (AvgIpc) is 3.14. The van der Waals surface area contributed by atoms with Crippen LogP contribution in [0.1, 0.15) is 17.8 Å². The van der Waals surface area contributed by atoms with Crippen molar-refractivity contribution >= 4 is 11.6 Å². The highest BCUT2D eigenvalue weighted by molar-refractivity contribution is 5.96. The van der Waals surface area contributed by atoms with E-state index in [1.165, 1.54) is 0 Å². The quantitative estimate of drug-likeness (QED) is 0.860. The van der Waals surface area contributed by atoms with Gasteiger partial charge < -0.3 is 4.90 Å². The van der Waals surface area contributed by atoms with Crippen LogP contribution in [0.25, 0.3) is 0 Å². The predicted octanol–water partition coefficient (Wildman–Crippen LogP) is 1.61. The molecular weight excluding hydrogens is 302 g/mol. The number of aromatic nitrogens is 3. The number of piperidine rings is 1. The van der Waals surface area contributed by atoms with Crippen LogP contribution in [0.2, 0.25) is 0 Å². The van der Waals surface area contributed by atoms with Crippen molar-refractivity contribution in [1.29, 1.82) is 0 Å². The van der Waals surface area contributed by atoms with E-state index in [4.69, 9.17) is 0 Å². The van der Waals surface area contributed by atoms with Crippen molar-refractivity contribution in [3.63, 3.8) is 0 Å². The first kappa shape index (κ1) is 15.3. The Morgan fingerprint density at radius 2 is 2.17 bits per heavy atom. The zero-order chi connectivity index (χ0) is 16.7. The smallest absolute Gasteiger partial charge is 0.231 e. The van der Waals surface area contributed by atoms with Gasteiger partial charge in [-0.2, -0.15) is 5.10 Å². The standard InChI is InChI=1S/C18H23N5O/c1-13-4-3-5-15(20-13)10-22-9-14-6-7-23(18(24)17(14)12-22)16-8-19-21(2)11-16/h3-5,8,11,14,17H,6-7,9-10,12H2,1-2H3/t14-,17+/m1/s1. The van der Waals surface area contributed by atoms with Crippen LogP contribution >= 0.6 is 0 Å². The van der Waals surface area contributed by atoms with Gasteiger partial charge in [-0.05, 0) is 31.4 Å². The van der Waals surface area contributed by atoms with Crippen molar-refractivity contribution < 1.29 is 4.79 Å². The number of carbonyl (C=O) groups excluding carboxylic acids is 1. The summed E-state index contributed by atoms with van der Waals surface area (Å²) >= 11 is 0. The Balaban J connectivity index is 1.46. The molecule has 2 aromatic rings. The lowest BCUT2D eigenvalue weighted by Gasteiger charge is -2.32. The van der Waals surface area contributed by atoms with Crippen LogP contribution in [0, 0.1) is 18.8 Å². The second-order valence-corrected chi connectivity index (χ2v) is 6.98. The molecule has 6 nitrogen and oxygen atoms in total. The Hall–Kier alpha value is -2.21. The monoisotopic (exact) mass is 325 g/mol. The van der Waals surface area contributed by atoms with Gasteiger partial charge in [0.05, 0.1) is 23.5 Å². The molecule has 0 saturated carbocycles. The zero-order valence-corrected chi connectivity index (χ0v) is 14.2. The summed E-state index contributed by atoms with van der Waals surface area (Å²) in [5.74, 6) is 0.818. The third kappa shape index (κ3) is 2.82. The molecule has 4 heterocycles. The van der Waals surface area contributed by atoms with Crippen LogP contribution in [0.4, 0.5) is 5.69 Å². The van der Waals surface area contributed by atoms with Gasteiger partial charge in [-0.1, -0.05) is 6.07 Å². The van der Waals surface area contributed by atoms with E-state index in [1.807, 2.05) is 31.1 Å². The van der Waals surface area contributed by atoms with E-state index in [9.17, 15) is 4.79 Å². The molecule has 2 aliphatic rings. The van der Waals surface area contributed by atoms with Gasteiger partial charge in [0.1, 0.15) is 0 Å². The van der Waals surface area contributed by atoms with E-state index in [-0.39, 0.29) is 11.8 Å². The van der Waals surface area contributed by atoms with Gasteiger partial charge in [0.15, 0.2) is 0 Å². The molecule has 24 heavy (non-hydrogen) atoms. The summed E-state index contributed by atoms with van der Waals surface area (Å²) in [4.78, 5) is 21.8. The molecule has 0 bridgehead atoms. The molecule has 0 unspecified atom stereocenters. The van der Waals surface area contributed by atoms with E-state index in [2.05, 4.69) is 27.1 Å². The number of nitrogens with zero attached hydrogens (tertiary/aromatic N) is 5. The van der Waals surface area contributed by atoms with Crippen LogP contribution < -0.4 is 4.90 Å². The lowest BCUT2D eigenvalue weighted by Crippen LogP contribution is -2.45. The molecular formula is C18H23N5O. The topological polar surface area (TPSA) is 54.3 Å². The van der Waals surface area contributed by atoms with Crippen LogP contribution in [-0.4, -0.2) is 45.2 Å². The fourth-order valence-electron chi connectivity index (χ4n) is 3.99. The molecule has 2 atom stereocenters. The maximum Gasteiger partial charge on any atom is 0.231 e. The molecule has 2 fully saturated rings. The van der Waals surface area contributed by atoms with Crippen molar-refractivity contribution in [3.8, 4) is 0 Å². The van der Waals surface area contributed by atoms with Crippen molar-refractivity contribution in [2.45, 2.75) is 19.9 Å². The van der Waals surface area contributed by atoms with Gasteiger partial charge in [0.25, 0.3) is 0 Å². The molecule has 0 spiro atoms. The minimum atomic E-state index is 0.101. The molecule has 4 rings (SSSR count). The molecule has 6 heteroatoms. The van der Waals surface area contributed by atoms with Crippen LogP contribution in [-0.2, 0) is 18.4 Å². The lowest BCUT2D eigenvalue weighted by molar-refractivity contribution is -0.124. The normalized spacial score (nSPS) is 24.4. The summed E-state index contributed by atoms with van der Waals surface area (Å²) in [5.41, 5.74) is 3.05. The van der Waals surface area contributed by atoms with Crippen LogP contribution in [0.5, 0.6) is 0 Å². The number of anilines is 1. The molecule has 0 aliphatic carbocycles. The van der Waals surface area contributed by atoms with E-state index in [0.29, 0.717) is 5.92 Å². The van der Waals surface area contributed by atoms with Crippen molar-refractivity contribution in [1.82, 2.24) is 19.7 Å². The van der Waals surface area contributed by atoms with E-state index < -0.39 is 0 Å². The van der Waals surface area contributed by atoms with Crippen molar-refractivity contribution in [2.75, 3.05) is 24.5 Å². The first-order chi connectivity index (χ1) is 11.6. The van der Waals surface area contributed by atoms with E-state index in [0.717, 1.165) is 49.7 Å². The first-order valence-corrected chi connectivity index (χ1v) is 8.55. The van der Waals surface area contributed by atoms with Gasteiger partial charge in [-0.25, -0.2) is 0 Å². The molecule has 126 valence electrons. The molecule has 0 aromatic carbocycles. The maximum absolute atomic E-state index is 12.9. The van der Waals surface area contributed by atoms with Crippen LogP contribution in [0.15, 0.2) is 30.6 Å². The number of pyridine rings is 1. The predicted molar refractivity (Wildman–Crippen MR) is 91.4 cm³/mol. The van der Waals surface area contributed by atoms with Gasteiger partial charge in [-0.3, -0.25) is 19.4 Å². The summed E-state index contributed by atoms with van der Waals surface area (Å²) < 4.78 is 1.75. The summed E-state index contributed by atoms with van der Waals surface area (Å²) in [7, 11) is 1.88. The fourth-order valence-corrected chi connectivity index (χ4v) is 3.99. The molecule has 0 radical (unpaired) electrons. The fraction of sp³-hybridized carbons (Fsp3) is 0.500. The number of fused-ring (bicyclic) bond motifs is 1. The average molecular weight is 325 g/mol. The summed E-state index contributed by atoms with van der Waals surface area (Å²) in [5, 5.41) is 4.19. The Bertz CT molecular complexity index is 755. The number of carbonyl (C=O) groups is 1. The largest absolute Gasteiger partial charge is 0.309 e. The second-order valence-electron chi connectivity index (χ2n) is 6.98. The summed E-state index contributed by atoms with van der Waals surface area (Å²) in [6.07, 6.45) is 4.76. The molecule has 0 N–H and O–H groups in total. The summed E-state index contributed by atoms with van der Waals surface area (Å²) in [6, 6.07) is 6.14. The van der Waals surface area contributed by atoms with Crippen molar-refractivity contribution in [2.24, 2.45) is 18.9 Å². The summed E-state index contributed by atoms with van der Waals surface area (Å²) in [6.45, 7) is 5.46. The zero-order valence-electron chi connectivity index (χ0n) is 14.2. The Kier molecular flexibility index (Phi) is 3.84. The van der Waals surface area contributed by atoms with Gasteiger partial charge in [-0.15, -0.1) is 0 Å². The number of rotatable bonds is 3. The maximum atomic E-state index is 12.9. The van der Waals surface area contributed by atoms with Gasteiger partial charge in [0, 0.05) is 45.1 Å². The minimum Gasteiger partial charge on any atom is -0.309 e. The van der Waals surface area contributed by atoms with Gasteiger partial charge >= 0.3 is 0 Å². The number of aryl methyl sites for hydroxylation is 2. The Morgan fingerprint density at radius 1 is 1.29 bits per heavy atom. The Labute approximate surface area is 142 Å². The highest BCUT2D eigenvalue weighted by atomic mass is 16.2. The van der Waals surface area contributed by atoms with E-state index >= 15 is 0 Å². The van der Waals surface area contributed by atoms with E-state index in [1.54, 1.807) is 10.9 Å². The van der Waals surface area contributed by atoms with Crippen molar-refractivity contribution in [3.05, 3.63) is 42.0 Å². The molecule has 2 aliphatic heterocycles. The SMILES string of the molecule is Cc1cccc(CN2C[C@H]3CCN(c4cnn(C)c4)C(=O)[C@H]3C2)n1. The number of hydrogen-bond acceptors (Lipinski definition) is 4. The molecule has 1 amide bonds. The third-order valence-corrected chi connectivity index (χ3v) is 5.16. The number of amides is 1. The minimum absolute atomic E-state index is 0.101. The highest BCUT2D eigenvalue weighted by Gasteiger charge is 2.43. The lowest BCUT2D eigenvalue weighted by atomic mass is 9.88. The Morgan fingerprint density at radius 3 is 2.92 bits per heavy atom. The molecule has 2 aromatic heterocycles. The second kappa shape index (κ2) is 6.02. The van der Waals surface area contributed by atoms with Crippen LogP contribution in [0.3, 0.4) is 0 Å². The number of hydrogen-bond donors (Lipinski definition) is 0. The number of likely N-dealkylation sites (tertiary alicyclic amines) is 1. The first-order valence-electron chi connectivity index (χ1n) is 8.55. The highest BCUT2D eigenvalue weighted by Crippen LogP contribution is 2.34. The molecule has 2 saturated heterocycles. The third-order valence-electron chi connectivity index (χ3n) is 5.16.